The molecule has 0 heterocycles. The maximum absolute atomic E-state index is 5.90. The molecule has 1 aromatic carbocycles. The van der Waals surface area contributed by atoms with Gasteiger partial charge in [-0.25, -0.2) is 0 Å². The molecule has 2 atom stereocenters. The van der Waals surface area contributed by atoms with Gasteiger partial charge in [0.05, 0.1) is 6.10 Å². The number of benzene rings is 1. The van der Waals surface area contributed by atoms with Crippen molar-refractivity contribution in [2.45, 2.75) is 52.8 Å². The number of hydrogen-bond donors (Lipinski definition) is 2. The number of aliphatic imine (C=N–C) groups is 1. The molecule has 4 heteroatoms. The second-order valence-corrected chi connectivity index (χ2v) is 6.17. The summed E-state index contributed by atoms with van der Waals surface area (Å²) in [5.74, 6) is 2.57. The lowest BCUT2D eigenvalue weighted by Crippen LogP contribution is -2.38. The van der Waals surface area contributed by atoms with Gasteiger partial charge < -0.3 is 15.4 Å². The van der Waals surface area contributed by atoms with Gasteiger partial charge in [0.2, 0.25) is 0 Å². The zero-order valence-corrected chi connectivity index (χ0v) is 13.7. The maximum Gasteiger partial charge on any atom is 0.191 e. The first kappa shape index (κ1) is 15.7. The Labute approximate surface area is 128 Å². The molecule has 0 amide bonds. The minimum Gasteiger partial charge on any atom is -0.491 e. The Balaban J connectivity index is 1.98. The van der Waals surface area contributed by atoms with Crippen molar-refractivity contribution in [3.8, 4) is 5.75 Å². The van der Waals surface area contributed by atoms with Crippen molar-refractivity contribution in [3.05, 3.63) is 29.3 Å². The largest absolute Gasteiger partial charge is 0.491 e. The summed E-state index contributed by atoms with van der Waals surface area (Å²) in [5.41, 5.74) is 2.37. The minimum atomic E-state index is 0.176. The van der Waals surface area contributed by atoms with Crippen LogP contribution in [-0.2, 0) is 6.54 Å². The molecule has 0 radical (unpaired) electrons. The average Bonchev–Trinajstić information content (AvgIpc) is 3.11. The van der Waals surface area contributed by atoms with Crippen molar-refractivity contribution in [2.75, 3.05) is 7.05 Å². The van der Waals surface area contributed by atoms with E-state index in [9.17, 15) is 0 Å². The molecule has 2 unspecified atom stereocenters. The molecule has 0 aliphatic heterocycles. The standard InChI is InChI=1S/C17H27N3O/c1-11(2)21-16-8-12(3)6-7-14(16)10-19-17(18-5)20-15-9-13(15)4/h6-8,11,13,15H,9-10H2,1-5H3,(H2,18,19,20). The highest BCUT2D eigenvalue weighted by atomic mass is 16.5. The van der Waals surface area contributed by atoms with E-state index in [1.807, 2.05) is 7.05 Å². The molecule has 2 rings (SSSR count). The Morgan fingerprint density at radius 2 is 2.14 bits per heavy atom. The first-order valence-electron chi connectivity index (χ1n) is 7.73. The summed E-state index contributed by atoms with van der Waals surface area (Å²) in [6.45, 7) is 9.14. The van der Waals surface area contributed by atoms with Crippen LogP contribution >= 0.6 is 0 Å². The molecule has 0 aromatic heterocycles. The Hall–Kier alpha value is -1.71. The molecular formula is C17H27N3O. The Morgan fingerprint density at radius 1 is 1.43 bits per heavy atom. The van der Waals surface area contributed by atoms with Gasteiger partial charge in [-0.15, -0.1) is 0 Å². The minimum absolute atomic E-state index is 0.176. The third-order valence-electron chi connectivity index (χ3n) is 3.69. The molecule has 1 saturated carbocycles. The molecule has 1 aromatic rings. The quantitative estimate of drug-likeness (QED) is 0.647. The fourth-order valence-electron chi connectivity index (χ4n) is 2.24. The van der Waals surface area contributed by atoms with Crippen molar-refractivity contribution in [1.29, 1.82) is 0 Å². The molecule has 4 nitrogen and oxygen atoms in total. The van der Waals surface area contributed by atoms with Gasteiger partial charge in [0.1, 0.15) is 5.75 Å². The molecule has 0 saturated heterocycles. The van der Waals surface area contributed by atoms with E-state index in [4.69, 9.17) is 4.74 Å². The number of guanidine groups is 1. The molecule has 2 N–H and O–H groups in total. The van der Waals surface area contributed by atoms with Crippen LogP contribution in [0.5, 0.6) is 5.75 Å². The van der Waals surface area contributed by atoms with Crippen molar-refractivity contribution < 1.29 is 4.74 Å². The van der Waals surface area contributed by atoms with E-state index >= 15 is 0 Å². The van der Waals surface area contributed by atoms with Gasteiger partial charge in [-0.2, -0.15) is 0 Å². The normalized spacial score (nSPS) is 21.3. The third-order valence-corrected chi connectivity index (χ3v) is 3.69. The lowest BCUT2D eigenvalue weighted by Gasteiger charge is -2.17. The lowest BCUT2D eigenvalue weighted by atomic mass is 10.1. The van der Waals surface area contributed by atoms with E-state index in [0.717, 1.165) is 23.2 Å². The lowest BCUT2D eigenvalue weighted by molar-refractivity contribution is 0.239. The fourth-order valence-corrected chi connectivity index (χ4v) is 2.24. The predicted molar refractivity (Wildman–Crippen MR) is 87.8 cm³/mol. The van der Waals surface area contributed by atoms with Crippen LogP contribution in [0.25, 0.3) is 0 Å². The molecule has 21 heavy (non-hydrogen) atoms. The van der Waals surface area contributed by atoms with Crippen LogP contribution in [0.4, 0.5) is 0 Å². The highest BCUT2D eigenvalue weighted by Crippen LogP contribution is 2.28. The molecule has 0 bridgehead atoms. The van der Waals surface area contributed by atoms with Crippen molar-refractivity contribution in [1.82, 2.24) is 10.6 Å². The van der Waals surface area contributed by atoms with Crippen molar-refractivity contribution >= 4 is 5.96 Å². The third kappa shape index (κ3) is 4.66. The molecular weight excluding hydrogens is 262 g/mol. The van der Waals surface area contributed by atoms with Crippen molar-refractivity contribution in [2.24, 2.45) is 10.9 Å². The first-order chi connectivity index (χ1) is 9.99. The van der Waals surface area contributed by atoms with Gasteiger partial charge in [0.15, 0.2) is 5.96 Å². The van der Waals surface area contributed by atoms with Gasteiger partial charge >= 0.3 is 0 Å². The molecule has 1 fully saturated rings. The van der Waals surface area contributed by atoms with Gasteiger partial charge in [0, 0.05) is 25.2 Å². The topological polar surface area (TPSA) is 45.7 Å². The summed E-state index contributed by atoms with van der Waals surface area (Å²) >= 11 is 0. The van der Waals surface area contributed by atoms with E-state index in [-0.39, 0.29) is 6.10 Å². The number of ether oxygens (including phenoxy) is 1. The molecule has 1 aliphatic carbocycles. The van der Waals surface area contributed by atoms with Gasteiger partial charge in [-0.1, -0.05) is 19.1 Å². The van der Waals surface area contributed by atoms with Crippen LogP contribution in [-0.4, -0.2) is 25.2 Å². The van der Waals surface area contributed by atoms with Crippen LogP contribution in [0, 0.1) is 12.8 Å². The van der Waals surface area contributed by atoms with Gasteiger partial charge in [-0.3, -0.25) is 4.99 Å². The second-order valence-electron chi connectivity index (χ2n) is 6.17. The summed E-state index contributed by atoms with van der Waals surface area (Å²) in [6.07, 6.45) is 1.41. The van der Waals surface area contributed by atoms with E-state index < -0.39 is 0 Å². The number of rotatable bonds is 5. The van der Waals surface area contributed by atoms with E-state index in [1.165, 1.54) is 12.0 Å². The van der Waals surface area contributed by atoms with Crippen LogP contribution in [0.15, 0.2) is 23.2 Å². The number of nitrogens with one attached hydrogen (secondary N) is 2. The Bertz CT molecular complexity index is 511. The van der Waals surface area contributed by atoms with Gasteiger partial charge in [-0.05, 0) is 44.7 Å². The second kappa shape index (κ2) is 6.83. The van der Waals surface area contributed by atoms with E-state index in [0.29, 0.717) is 12.6 Å². The van der Waals surface area contributed by atoms with E-state index in [2.05, 4.69) is 61.5 Å². The summed E-state index contributed by atoms with van der Waals surface area (Å²) in [6, 6.07) is 6.90. The highest BCUT2D eigenvalue weighted by Gasteiger charge is 2.33. The molecule has 0 spiro atoms. The van der Waals surface area contributed by atoms with Crippen LogP contribution < -0.4 is 15.4 Å². The zero-order chi connectivity index (χ0) is 15.4. The summed E-state index contributed by atoms with van der Waals surface area (Å²) in [4.78, 5) is 4.28. The zero-order valence-electron chi connectivity index (χ0n) is 13.7. The first-order valence-corrected chi connectivity index (χ1v) is 7.73. The Kier molecular flexibility index (Phi) is 5.10. The summed E-state index contributed by atoms with van der Waals surface area (Å²) in [5, 5.41) is 6.80. The van der Waals surface area contributed by atoms with Crippen molar-refractivity contribution in [3.63, 3.8) is 0 Å². The molecule has 116 valence electrons. The van der Waals surface area contributed by atoms with Gasteiger partial charge in [0.25, 0.3) is 0 Å². The smallest absolute Gasteiger partial charge is 0.191 e. The molecule has 1 aliphatic rings. The SMILES string of the molecule is CN=C(NCc1ccc(C)cc1OC(C)C)NC1CC1C. The van der Waals surface area contributed by atoms with Crippen LogP contribution in [0.1, 0.15) is 38.3 Å². The predicted octanol–water partition coefficient (Wildman–Crippen LogP) is 2.86. The Morgan fingerprint density at radius 3 is 2.71 bits per heavy atom. The number of nitrogens with zero attached hydrogens (tertiary/aromatic N) is 1. The average molecular weight is 289 g/mol. The number of hydrogen-bond acceptors (Lipinski definition) is 2. The highest BCUT2D eigenvalue weighted by molar-refractivity contribution is 5.80. The summed E-state index contributed by atoms with van der Waals surface area (Å²) < 4.78 is 5.90. The number of aryl methyl sites for hydroxylation is 1. The van der Waals surface area contributed by atoms with Crippen LogP contribution in [0.3, 0.4) is 0 Å². The summed E-state index contributed by atoms with van der Waals surface area (Å²) in [7, 11) is 1.81. The fraction of sp³-hybridized carbons (Fsp3) is 0.588. The van der Waals surface area contributed by atoms with Crippen LogP contribution in [0.2, 0.25) is 0 Å². The van der Waals surface area contributed by atoms with E-state index in [1.54, 1.807) is 0 Å². The monoisotopic (exact) mass is 289 g/mol. The maximum atomic E-state index is 5.90.